The Labute approximate surface area is 209 Å². The van der Waals surface area contributed by atoms with Gasteiger partial charge in [0.25, 0.3) is 11.8 Å². The molecule has 1 atom stereocenters. The number of carbonyl (C=O) groups excluding carboxylic acids is 5. The average molecular weight is 495 g/mol. The molecule has 0 saturated carbocycles. The first-order valence-corrected chi connectivity index (χ1v) is 11.6. The number of hydrogen-bond acceptors (Lipinski definition) is 6. The van der Waals surface area contributed by atoms with E-state index >= 15 is 0 Å². The maximum Gasteiger partial charge on any atom is 0.407 e. The summed E-state index contributed by atoms with van der Waals surface area (Å²) in [5.41, 5.74) is 1.04. The van der Waals surface area contributed by atoms with Crippen LogP contribution in [0.4, 0.5) is 10.5 Å². The molecule has 2 aromatic rings. The lowest BCUT2D eigenvalue weighted by Gasteiger charge is -2.22. The molecule has 10 heteroatoms. The molecule has 36 heavy (non-hydrogen) atoms. The summed E-state index contributed by atoms with van der Waals surface area (Å²) in [5, 5.41) is 8.02. The van der Waals surface area contributed by atoms with Gasteiger partial charge in [0.1, 0.15) is 11.6 Å². The Morgan fingerprint density at radius 2 is 1.50 bits per heavy atom. The summed E-state index contributed by atoms with van der Waals surface area (Å²) in [6.45, 7) is 6.89. The van der Waals surface area contributed by atoms with E-state index in [1.807, 2.05) is 0 Å². The van der Waals surface area contributed by atoms with Crippen molar-refractivity contribution in [1.29, 1.82) is 0 Å². The first-order chi connectivity index (χ1) is 17.0. The minimum Gasteiger partial charge on any atom is -0.444 e. The normalized spacial score (nSPS) is 13.6. The molecule has 1 aliphatic rings. The van der Waals surface area contributed by atoms with Crippen molar-refractivity contribution >= 4 is 35.4 Å². The highest BCUT2D eigenvalue weighted by atomic mass is 16.6. The van der Waals surface area contributed by atoms with Crippen LogP contribution in [0.2, 0.25) is 0 Å². The molecule has 0 saturated heterocycles. The van der Waals surface area contributed by atoms with Gasteiger partial charge in [-0.25, -0.2) is 4.79 Å². The largest absolute Gasteiger partial charge is 0.444 e. The van der Waals surface area contributed by atoms with Gasteiger partial charge in [-0.3, -0.25) is 24.1 Å². The highest BCUT2D eigenvalue weighted by Gasteiger charge is 2.40. The van der Waals surface area contributed by atoms with E-state index in [1.165, 1.54) is 6.92 Å². The SMILES string of the molecule is CC(C(=O)NCc1ccccc1NC(=O)CCNC(=O)OC(C)(C)C)N1C(=O)c2ccccc2C1=O. The van der Waals surface area contributed by atoms with E-state index < -0.39 is 35.5 Å². The zero-order valence-electron chi connectivity index (χ0n) is 20.7. The molecular weight excluding hydrogens is 464 g/mol. The minimum absolute atomic E-state index is 0.0245. The topological polar surface area (TPSA) is 134 Å². The number of benzene rings is 2. The van der Waals surface area contributed by atoms with Crippen LogP contribution in [0.25, 0.3) is 0 Å². The van der Waals surface area contributed by atoms with Crippen LogP contribution in [0.3, 0.4) is 0 Å². The fraction of sp³-hybridized carbons (Fsp3) is 0.346. The molecule has 1 heterocycles. The standard InChI is InChI=1S/C26H30N4O6/c1-16(30-23(33)18-10-6-7-11-19(18)24(30)34)22(32)28-15-17-9-5-8-12-20(17)29-21(31)13-14-27-25(35)36-26(2,3)4/h5-12,16H,13-15H2,1-4H3,(H,27,35)(H,28,32)(H,29,31). The lowest BCUT2D eigenvalue weighted by atomic mass is 10.1. The maximum atomic E-state index is 12.8. The van der Waals surface area contributed by atoms with Crippen molar-refractivity contribution in [3.8, 4) is 0 Å². The molecule has 3 N–H and O–H groups in total. The van der Waals surface area contributed by atoms with E-state index in [0.29, 0.717) is 11.3 Å². The average Bonchev–Trinajstić information content (AvgIpc) is 3.06. The Morgan fingerprint density at radius 3 is 2.11 bits per heavy atom. The molecule has 0 aliphatic carbocycles. The van der Waals surface area contributed by atoms with Crippen LogP contribution in [0.5, 0.6) is 0 Å². The van der Waals surface area contributed by atoms with Crippen molar-refractivity contribution in [3.05, 3.63) is 65.2 Å². The zero-order chi connectivity index (χ0) is 26.5. The van der Waals surface area contributed by atoms with Gasteiger partial charge in [-0.15, -0.1) is 0 Å². The molecule has 10 nitrogen and oxygen atoms in total. The Balaban J connectivity index is 1.54. The van der Waals surface area contributed by atoms with E-state index in [2.05, 4.69) is 16.0 Å². The van der Waals surface area contributed by atoms with Gasteiger partial charge in [0.05, 0.1) is 11.1 Å². The van der Waals surface area contributed by atoms with Crippen LogP contribution < -0.4 is 16.0 Å². The highest BCUT2D eigenvalue weighted by Crippen LogP contribution is 2.24. The first kappa shape index (κ1) is 26.4. The summed E-state index contributed by atoms with van der Waals surface area (Å²) in [6, 6.07) is 12.3. The van der Waals surface area contributed by atoms with Gasteiger partial charge >= 0.3 is 6.09 Å². The van der Waals surface area contributed by atoms with E-state index in [0.717, 1.165) is 4.90 Å². The van der Waals surface area contributed by atoms with Gasteiger partial charge in [0.2, 0.25) is 11.8 Å². The summed E-state index contributed by atoms with van der Waals surface area (Å²) < 4.78 is 5.13. The predicted molar refractivity (Wildman–Crippen MR) is 132 cm³/mol. The van der Waals surface area contributed by atoms with E-state index in [-0.39, 0.29) is 36.5 Å². The second-order valence-corrected chi connectivity index (χ2v) is 9.30. The molecule has 0 spiro atoms. The molecule has 0 radical (unpaired) electrons. The number of nitrogens with one attached hydrogen (secondary N) is 3. The number of nitrogens with zero attached hydrogens (tertiary/aromatic N) is 1. The summed E-state index contributed by atoms with van der Waals surface area (Å²) in [5.74, 6) is -1.85. The fourth-order valence-corrected chi connectivity index (χ4v) is 3.61. The van der Waals surface area contributed by atoms with Crippen LogP contribution in [0.15, 0.2) is 48.5 Å². The van der Waals surface area contributed by atoms with Gasteiger partial charge in [-0.1, -0.05) is 30.3 Å². The Kier molecular flexibility index (Phi) is 8.08. The second-order valence-electron chi connectivity index (χ2n) is 9.30. The summed E-state index contributed by atoms with van der Waals surface area (Å²) in [7, 11) is 0. The van der Waals surface area contributed by atoms with Crippen molar-refractivity contribution in [2.45, 2.75) is 52.3 Å². The molecule has 5 amide bonds. The van der Waals surface area contributed by atoms with Crippen LogP contribution in [0.1, 0.15) is 60.4 Å². The molecule has 1 unspecified atom stereocenters. The number of rotatable bonds is 8. The third kappa shape index (κ3) is 6.47. The van der Waals surface area contributed by atoms with Gasteiger partial charge in [0, 0.05) is 25.2 Å². The van der Waals surface area contributed by atoms with E-state index in [9.17, 15) is 24.0 Å². The van der Waals surface area contributed by atoms with Crippen molar-refractivity contribution in [3.63, 3.8) is 0 Å². The zero-order valence-corrected chi connectivity index (χ0v) is 20.7. The van der Waals surface area contributed by atoms with E-state index in [4.69, 9.17) is 4.74 Å². The number of para-hydroxylation sites is 1. The molecule has 0 aromatic heterocycles. The Bertz CT molecular complexity index is 1150. The van der Waals surface area contributed by atoms with Crippen LogP contribution in [-0.2, 0) is 20.9 Å². The molecule has 2 aromatic carbocycles. The smallest absolute Gasteiger partial charge is 0.407 e. The maximum absolute atomic E-state index is 12.8. The van der Waals surface area contributed by atoms with Crippen LogP contribution in [-0.4, -0.2) is 52.8 Å². The summed E-state index contributed by atoms with van der Waals surface area (Å²) >= 11 is 0. The number of alkyl carbamates (subject to hydrolysis) is 1. The van der Waals surface area contributed by atoms with Gasteiger partial charge in [-0.05, 0) is 51.5 Å². The Hall–Kier alpha value is -4.21. The summed E-state index contributed by atoms with van der Waals surface area (Å²) in [4.78, 5) is 63.1. The summed E-state index contributed by atoms with van der Waals surface area (Å²) in [6.07, 6.45) is -0.581. The third-order valence-corrected chi connectivity index (χ3v) is 5.36. The highest BCUT2D eigenvalue weighted by molar-refractivity contribution is 6.22. The second kappa shape index (κ2) is 11.0. The predicted octanol–water partition coefficient (Wildman–Crippen LogP) is 2.84. The minimum atomic E-state index is -1.02. The number of ether oxygens (including phenoxy) is 1. The third-order valence-electron chi connectivity index (χ3n) is 5.36. The van der Waals surface area contributed by atoms with Crippen LogP contribution in [0, 0.1) is 0 Å². The lowest BCUT2D eigenvalue weighted by molar-refractivity contribution is -0.124. The first-order valence-electron chi connectivity index (χ1n) is 11.6. The number of carbonyl (C=O) groups is 5. The molecule has 1 aliphatic heterocycles. The number of hydrogen-bond donors (Lipinski definition) is 3. The number of anilines is 1. The van der Waals surface area contributed by atoms with Gasteiger partial charge < -0.3 is 20.7 Å². The quantitative estimate of drug-likeness (QED) is 0.483. The van der Waals surface area contributed by atoms with Gasteiger partial charge in [-0.2, -0.15) is 0 Å². The number of amides is 5. The molecule has 0 bridgehead atoms. The van der Waals surface area contributed by atoms with E-state index in [1.54, 1.807) is 69.3 Å². The van der Waals surface area contributed by atoms with Crippen molar-refractivity contribution in [1.82, 2.24) is 15.5 Å². The fourth-order valence-electron chi connectivity index (χ4n) is 3.61. The molecular formula is C26H30N4O6. The molecule has 190 valence electrons. The monoisotopic (exact) mass is 494 g/mol. The van der Waals surface area contributed by atoms with Crippen molar-refractivity contribution in [2.75, 3.05) is 11.9 Å². The van der Waals surface area contributed by atoms with Crippen LogP contribution >= 0.6 is 0 Å². The molecule has 0 fully saturated rings. The number of fused-ring (bicyclic) bond motifs is 1. The molecule has 3 rings (SSSR count). The lowest BCUT2D eigenvalue weighted by Crippen LogP contribution is -2.47. The van der Waals surface area contributed by atoms with Crippen molar-refractivity contribution in [2.24, 2.45) is 0 Å². The van der Waals surface area contributed by atoms with Gasteiger partial charge in [0.15, 0.2) is 0 Å². The Morgan fingerprint density at radius 1 is 0.917 bits per heavy atom. The van der Waals surface area contributed by atoms with Crippen molar-refractivity contribution < 1.29 is 28.7 Å². The number of imide groups is 1.